The predicted octanol–water partition coefficient (Wildman–Crippen LogP) is 0.780. The summed E-state index contributed by atoms with van der Waals surface area (Å²) in [7, 11) is -0.842. The molecular formula is C8H11N3O3S. The molecule has 82 valence electrons. The Hall–Kier alpha value is -1.50. The van der Waals surface area contributed by atoms with E-state index in [4.69, 9.17) is 0 Å². The van der Waals surface area contributed by atoms with Crippen LogP contribution in [0.2, 0.25) is 0 Å². The van der Waals surface area contributed by atoms with Crippen molar-refractivity contribution in [3.8, 4) is 0 Å². The first-order valence-electron chi connectivity index (χ1n) is 4.24. The molecule has 0 radical (unpaired) electrons. The summed E-state index contributed by atoms with van der Waals surface area (Å²) in [5.41, 5.74) is 0.686. The molecule has 1 aromatic rings. The van der Waals surface area contributed by atoms with Gasteiger partial charge in [0.1, 0.15) is 0 Å². The summed E-state index contributed by atoms with van der Waals surface area (Å²) in [5, 5.41) is 13.3. The Kier molecular flexibility index (Phi) is 4.17. The second-order valence-electron chi connectivity index (χ2n) is 2.87. The third kappa shape index (κ3) is 4.03. The Morgan fingerprint density at radius 1 is 1.60 bits per heavy atom. The van der Waals surface area contributed by atoms with Crippen LogP contribution in [0.1, 0.15) is 0 Å². The zero-order chi connectivity index (χ0) is 11.3. The van der Waals surface area contributed by atoms with E-state index < -0.39 is 15.7 Å². The van der Waals surface area contributed by atoms with E-state index in [1.807, 2.05) is 0 Å². The molecule has 0 aromatic carbocycles. The smallest absolute Gasteiger partial charge is 0.363 e. The molecule has 1 rings (SSSR count). The molecule has 0 aliphatic rings. The molecule has 0 aliphatic carbocycles. The van der Waals surface area contributed by atoms with Gasteiger partial charge in [-0.05, 0) is 16.0 Å². The molecule has 0 saturated heterocycles. The van der Waals surface area contributed by atoms with Crippen LogP contribution in [0.3, 0.4) is 0 Å². The summed E-state index contributed by atoms with van der Waals surface area (Å²) in [6.45, 7) is 0.558. The van der Waals surface area contributed by atoms with Crippen LogP contribution in [0, 0.1) is 10.1 Å². The van der Waals surface area contributed by atoms with Gasteiger partial charge in [-0.2, -0.15) is 0 Å². The van der Waals surface area contributed by atoms with Gasteiger partial charge in [0, 0.05) is 35.4 Å². The largest absolute Gasteiger partial charge is 0.381 e. The maximum atomic E-state index is 10.7. The summed E-state index contributed by atoms with van der Waals surface area (Å²) in [6, 6.07) is 2.90. The van der Waals surface area contributed by atoms with E-state index in [2.05, 4.69) is 10.3 Å². The number of nitro groups is 1. The van der Waals surface area contributed by atoms with Gasteiger partial charge in [0.2, 0.25) is 0 Å². The lowest BCUT2D eigenvalue weighted by Crippen LogP contribution is -2.09. The standard InChI is InChI=1S/C8H11N3O3S/c1-15(14)5-4-9-7-2-3-8(10-6-7)11(12)13/h2-3,6,9H,4-5H2,1H3. The second kappa shape index (κ2) is 5.40. The van der Waals surface area contributed by atoms with Crippen LogP contribution in [-0.2, 0) is 10.8 Å². The maximum Gasteiger partial charge on any atom is 0.363 e. The quantitative estimate of drug-likeness (QED) is 0.595. The lowest BCUT2D eigenvalue weighted by Gasteiger charge is -2.02. The van der Waals surface area contributed by atoms with Crippen LogP contribution in [0.25, 0.3) is 0 Å². The molecule has 0 fully saturated rings. The normalized spacial score (nSPS) is 12.1. The van der Waals surface area contributed by atoms with E-state index >= 15 is 0 Å². The monoisotopic (exact) mass is 229 g/mol. The number of aromatic nitrogens is 1. The molecule has 1 aromatic heterocycles. The minimum absolute atomic E-state index is 0.181. The molecule has 0 aliphatic heterocycles. The van der Waals surface area contributed by atoms with Gasteiger partial charge in [-0.1, -0.05) is 0 Å². The summed E-state index contributed by atoms with van der Waals surface area (Å²) in [5.74, 6) is 0.358. The molecule has 0 amide bonds. The average molecular weight is 229 g/mol. The molecule has 15 heavy (non-hydrogen) atoms. The number of hydrogen-bond donors (Lipinski definition) is 1. The summed E-state index contributed by atoms with van der Waals surface area (Å²) in [6.07, 6.45) is 3.01. The predicted molar refractivity (Wildman–Crippen MR) is 58.3 cm³/mol. The van der Waals surface area contributed by atoms with Gasteiger partial charge in [-0.3, -0.25) is 4.21 Å². The van der Waals surface area contributed by atoms with Crippen LogP contribution in [0.15, 0.2) is 18.3 Å². The Morgan fingerprint density at radius 2 is 2.33 bits per heavy atom. The second-order valence-corrected chi connectivity index (χ2v) is 4.42. The fourth-order valence-corrected chi connectivity index (χ4v) is 1.33. The average Bonchev–Trinajstić information content (AvgIpc) is 2.18. The summed E-state index contributed by atoms with van der Waals surface area (Å²) < 4.78 is 10.7. The highest BCUT2D eigenvalue weighted by Crippen LogP contribution is 2.10. The lowest BCUT2D eigenvalue weighted by molar-refractivity contribution is -0.389. The van der Waals surface area contributed by atoms with E-state index in [1.165, 1.54) is 12.3 Å². The SMILES string of the molecule is CS(=O)CCNc1ccc([N+](=O)[O-])nc1. The summed E-state index contributed by atoms with van der Waals surface area (Å²) in [4.78, 5) is 13.4. The van der Waals surface area contributed by atoms with E-state index in [1.54, 1.807) is 12.3 Å². The van der Waals surface area contributed by atoms with Crippen LogP contribution >= 0.6 is 0 Å². The van der Waals surface area contributed by atoms with Gasteiger partial charge in [0.25, 0.3) is 0 Å². The van der Waals surface area contributed by atoms with Crippen LogP contribution in [0.4, 0.5) is 11.5 Å². The van der Waals surface area contributed by atoms with Crippen molar-refractivity contribution in [2.75, 3.05) is 23.9 Å². The van der Waals surface area contributed by atoms with Gasteiger partial charge in [-0.15, -0.1) is 0 Å². The third-order valence-electron chi connectivity index (χ3n) is 1.65. The number of rotatable bonds is 5. The highest BCUT2D eigenvalue weighted by molar-refractivity contribution is 7.84. The molecule has 1 atom stereocenters. The molecule has 0 spiro atoms. The fourth-order valence-electron chi connectivity index (χ4n) is 0.938. The van der Waals surface area contributed by atoms with E-state index in [0.29, 0.717) is 18.0 Å². The van der Waals surface area contributed by atoms with Crippen molar-refractivity contribution >= 4 is 22.3 Å². The van der Waals surface area contributed by atoms with Crippen molar-refractivity contribution in [1.29, 1.82) is 0 Å². The Morgan fingerprint density at radius 3 is 2.80 bits per heavy atom. The van der Waals surface area contributed by atoms with Gasteiger partial charge in [0.05, 0.1) is 5.69 Å². The van der Waals surface area contributed by atoms with Crippen LogP contribution in [-0.4, -0.2) is 32.7 Å². The van der Waals surface area contributed by atoms with E-state index in [0.717, 1.165) is 0 Å². The molecule has 0 saturated carbocycles. The number of nitrogens with one attached hydrogen (secondary N) is 1. The molecule has 7 heteroatoms. The topological polar surface area (TPSA) is 85.1 Å². The maximum absolute atomic E-state index is 10.7. The third-order valence-corrected chi connectivity index (χ3v) is 2.43. The van der Waals surface area contributed by atoms with Crippen molar-refractivity contribution in [3.63, 3.8) is 0 Å². The zero-order valence-corrected chi connectivity index (χ0v) is 8.99. The zero-order valence-electron chi connectivity index (χ0n) is 8.17. The Bertz CT molecular complexity index is 366. The van der Waals surface area contributed by atoms with Crippen molar-refractivity contribution in [2.45, 2.75) is 0 Å². The van der Waals surface area contributed by atoms with Gasteiger partial charge < -0.3 is 15.4 Å². The van der Waals surface area contributed by atoms with Crippen molar-refractivity contribution in [1.82, 2.24) is 4.98 Å². The molecule has 1 N–H and O–H groups in total. The molecule has 0 bridgehead atoms. The van der Waals surface area contributed by atoms with Crippen molar-refractivity contribution in [2.24, 2.45) is 0 Å². The van der Waals surface area contributed by atoms with Gasteiger partial charge >= 0.3 is 5.82 Å². The number of nitrogens with zero attached hydrogens (tertiary/aromatic N) is 2. The number of hydrogen-bond acceptors (Lipinski definition) is 5. The first-order chi connectivity index (χ1) is 7.09. The van der Waals surface area contributed by atoms with Crippen LogP contribution in [0.5, 0.6) is 0 Å². The van der Waals surface area contributed by atoms with Gasteiger partial charge in [0.15, 0.2) is 6.20 Å². The Labute approximate surface area is 89.3 Å². The van der Waals surface area contributed by atoms with Crippen molar-refractivity contribution < 1.29 is 9.13 Å². The first-order valence-corrected chi connectivity index (χ1v) is 5.96. The highest BCUT2D eigenvalue weighted by atomic mass is 32.2. The molecule has 1 heterocycles. The minimum atomic E-state index is -0.842. The van der Waals surface area contributed by atoms with E-state index in [-0.39, 0.29) is 5.82 Å². The fraction of sp³-hybridized carbons (Fsp3) is 0.375. The van der Waals surface area contributed by atoms with Gasteiger partial charge in [-0.25, -0.2) is 0 Å². The van der Waals surface area contributed by atoms with Crippen molar-refractivity contribution in [3.05, 3.63) is 28.4 Å². The van der Waals surface area contributed by atoms with Crippen LogP contribution < -0.4 is 5.32 Å². The Balaban J connectivity index is 2.50. The lowest BCUT2D eigenvalue weighted by atomic mass is 10.4. The minimum Gasteiger partial charge on any atom is -0.381 e. The van der Waals surface area contributed by atoms with E-state index in [9.17, 15) is 14.3 Å². The molecule has 1 unspecified atom stereocenters. The number of pyridine rings is 1. The molecular weight excluding hydrogens is 218 g/mol. The summed E-state index contributed by atoms with van der Waals surface area (Å²) >= 11 is 0. The first kappa shape index (κ1) is 11.6. The highest BCUT2D eigenvalue weighted by Gasteiger charge is 2.05. The number of anilines is 1. The molecule has 6 nitrogen and oxygen atoms in total.